The van der Waals surface area contributed by atoms with Crippen LogP contribution < -0.4 is 10.8 Å². The van der Waals surface area contributed by atoms with E-state index in [0.717, 1.165) is 5.56 Å². The van der Waals surface area contributed by atoms with Crippen LogP contribution in [0.3, 0.4) is 0 Å². The molecule has 1 aromatic carbocycles. The van der Waals surface area contributed by atoms with Crippen molar-refractivity contribution in [3.05, 3.63) is 72.6 Å². The molecular weight excluding hydrogens is 307 g/mol. The van der Waals surface area contributed by atoms with E-state index in [1.54, 1.807) is 6.08 Å². The normalized spacial score (nSPS) is 11.4. The largest absolute Gasteiger partial charge is 0.488 e. The van der Waals surface area contributed by atoms with Gasteiger partial charge in [0, 0.05) is 6.20 Å². The fourth-order valence-electron chi connectivity index (χ4n) is 2.14. The molecule has 0 saturated carbocycles. The minimum absolute atomic E-state index is 0.163. The summed E-state index contributed by atoms with van der Waals surface area (Å²) in [4.78, 5) is 16.2. The summed E-state index contributed by atoms with van der Waals surface area (Å²) in [5, 5.41) is 21.2. The number of carbonyl (C=O) groups is 1. The van der Waals surface area contributed by atoms with Crippen LogP contribution in [-0.4, -0.2) is 28.2 Å². The second-order valence-electron chi connectivity index (χ2n) is 5.17. The van der Waals surface area contributed by atoms with Crippen molar-refractivity contribution in [2.75, 3.05) is 0 Å². The Morgan fingerprint density at radius 1 is 1.33 bits per heavy atom. The van der Waals surface area contributed by atoms with Gasteiger partial charge < -0.3 is 20.1 Å². The molecule has 6 nitrogen and oxygen atoms in total. The van der Waals surface area contributed by atoms with Gasteiger partial charge in [0.1, 0.15) is 6.61 Å². The Kier molecular flexibility index (Phi) is 6.54. The Balaban J connectivity index is 2.01. The standard InChI is InChI=1S/C17H19BN2O4/c1-2-6-15(16-11-14(18(22)23)9-10-19-16)20-17(21)24-12-13-7-4-3-5-8-13/h2-5,7-11,15,22-23H,1,6,12H2,(H,20,21). The van der Waals surface area contributed by atoms with E-state index in [-0.39, 0.29) is 6.61 Å². The average Bonchev–Trinajstić information content (AvgIpc) is 2.60. The zero-order valence-electron chi connectivity index (χ0n) is 13.1. The molecule has 1 amide bonds. The lowest BCUT2D eigenvalue weighted by molar-refractivity contribution is 0.135. The van der Waals surface area contributed by atoms with Gasteiger partial charge in [-0.3, -0.25) is 4.98 Å². The second kappa shape index (κ2) is 8.86. The van der Waals surface area contributed by atoms with Crippen molar-refractivity contribution in [2.24, 2.45) is 0 Å². The number of alkyl carbamates (subject to hydrolysis) is 1. The van der Waals surface area contributed by atoms with E-state index < -0.39 is 19.3 Å². The molecule has 24 heavy (non-hydrogen) atoms. The summed E-state index contributed by atoms with van der Waals surface area (Å²) in [5.41, 5.74) is 1.68. The summed E-state index contributed by atoms with van der Waals surface area (Å²) in [6.45, 7) is 3.83. The van der Waals surface area contributed by atoms with Gasteiger partial charge in [-0.1, -0.05) is 36.4 Å². The Morgan fingerprint density at radius 3 is 2.75 bits per heavy atom. The molecule has 2 rings (SSSR count). The molecule has 0 bridgehead atoms. The number of nitrogens with one attached hydrogen (secondary N) is 1. The van der Waals surface area contributed by atoms with Gasteiger partial charge in [0.05, 0.1) is 11.7 Å². The van der Waals surface area contributed by atoms with Gasteiger partial charge in [0.15, 0.2) is 0 Å². The highest BCUT2D eigenvalue weighted by Gasteiger charge is 2.18. The van der Waals surface area contributed by atoms with Crippen molar-refractivity contribution in [2.45, 2.75) is 19.1 Å². The molecule has 1 atom stereocenters. The predicted molar refractivity (Wildman–Crippen MR) is 91.4 cm³/mol. The molecule has 0 aliphatic rings. The molecule has 3 N–H and O–H groups in total. The predicted octanol–water partition coefficient (Wildman–Crippen LogP) is 1.30. The fraction of sp³-hybridized carbons (Fsp3) is 0.176. The monoisotopic (exact) mass is 326 g/mol. The first-order valence-electron chi connectivity index (χ1n) is 7.50. The smallest absolute Gasteiger partial charge is 0.445 e. The third kappa shape index (κ3) is 5.22. The Bertz CT molecular complexity index is 679. The molecule has 124 valence electrons. The zero-order valence-corrected chi connectivity index (χ0v) is 13.1. The number of pyridine rings is 1. The van der Waals surface area contributed by atoms with Gasteiger partial charge in [0.25, 0.3) is 0 Å². The number of aromatic nitrogens is 1. The first kappa shape index (κ1) is 17.7. The topological polar surface area (TPSA) is 91.7 Å². The highest BCUT2D eigenvalue weighted by atomic mass is 16.5. The minimum Gasteiger partial charge on any atom is -0.445 e. The third-order valence-corrected chi connectivity index (χ3v) is 3.37. The molecule has 0 spiro atoms. The summed E-state index contributed by atoms with van der Waals surface area (Å²) in [6.07, 6.45) is 2.95. The molecular formula is C17H19BN2O4. The molecule has 0 radical (unpaired) electrons. The molecule has 0 aliphatic carbocycles. The number of ether oxygens (including phenoxy) is 1. The van der Waals surface area contributed by atoms with E-state index in [9.17, 15) is 14.8 Å². The van der Waals surface area contributed by atoms with Gasteiger partial charge >= 0.3 is 13.2 Å². The number of carbonyl (C=O) groups excluding carboxylic acids is 1. The van der Waals surface area contributed by atoms with Crippen LogP contribution >= 0.6 is 0 Å². The van der Waals surface area contributed by atoms with Gasteiger partial charge in [-0.05, 0) is 29.6 Å². The van der Waals surface area contributed by atoms with Crippen LogP contribution in [-0.2, 0) is 11.3 Å². The van der Waals surface area contributed by atoms with Crippen molar-refractivity contribution < 1.29 is 19.6 Å². The SMILES string of the molecule is C=CCC(NC(=O)OCc1ccccc1)c1cc(B(O)O)ccn1. The minimum atomic E-state index is -1.60. The maximum atomic E-state index is 12.0. The van der Waals surface area contributed by atoms with Crippen molar-refractivity contribution in [3.63, 3.8) is 0 Å². The molecule has 0 saturated heterocycles. The highest BCUT2D eigenvalue weighted by Crippen LogP contribution is 2.14. The first-order chi connectivity index (χ1) is 11.6. The summed E-state index contributed by atoms with van der Waals surface area (Å²) in [6, 6.07) is 11.9. The van der Waals surface area contributed by atoms with E-state index in [1.165, 1.54) is 18.3 Å². The third-order valence-electron chi connectivity index (χ3n) is 3.37. The zero-order chi connectivity index (χ0) is 17.4. The van der Waals surface area contributed by atoms with Crippen LogP contribution in [0.4, 0.5) is 4.79 Å². The lowest BCUT2D eigenvalue weighted by atomic mass is 9.80. The Labute approximate surface area is 141 Å². The van der Waals surface area contributed by atoms with Crippen LogP contribution in [0.2, 0.25) is 0 Å². The number of rotatable bonds is 7. The molecule has 2 aromatic rings. The van der Waals surface area contributed by atoms with E-state index in [4.69, 9.17) is 4.74 Å². The molecule has 0 fully saturated rings. The van der Waals surface area contributed by atoms with Crippen molar-refractivity contribution in [3.8, 4) is 0 Å². The summed E-state index contributed by atoms with van der Waals surface area (Å²) >= 11 is 0. The van der Waals surface area contributed by atoms with E-state index in [0.29, 0.717) is 17.6 Å². The van der Waals surface area contributed by atoms with E-state index >= 15 is 0 Å². The molecule has 1 aromatic heterocycles. The first-order valence-corrected chi connectivity index (χ1v) is 7.50. The maximum Gasteiger partial charge on any atom is 0.488 e. The van der Waals surface area contributed by atoms with Gasteiger partial charge in [0.2, 0.25) is 0 Å². The number of hydrogen-bond donors (Lipinski definition) is 3. The van der Waals surface area contributed by atoms with Crippen LogP contribution in [0.5, 0.6) is 0 Å². The second-order valence-corrected chi connectivity index (χ2v) is 5.17. The number of amides is 1. The van der Waals surface area contributed by atoms with Crippen molar-refractivity contribution >= 4 is 18.7 Å². The molecule has 1 unspecified atom stereocenters. The fourth-order valence-corrected chi connectivity index (χ4v) is 2.14. The molecule has 1 heterocycles. The van der Waals surface area contributed by atoms with Crippen LogP contribution in [0.1, 0.15) is 23.7 Å². The lowest BCUT2D eigenvalue weighted by Crippen LogP contribution is -2.33. The number of nitrogens with zero attached hydrogens (tertiary/aromatic N) is 1. The van der Waals surface area contributed by atoms with E-state index in [1.807, 2.05) is 30.3 Å². The van der Waals surface area contributed by atoms with Crippen LogP contribution in [0, 0.1) is 0 Å². The van der Waals surface area contributed by atoms with Gasteiger partial charge in [-0.2, -0.15) is 0 Å². The van der Waals surface area contributed by atoms with Crippen LogP contribution in [0.15, 0.2) is 61.3 Å². The van der Waals surface area contributed by atoms with Gasteiger partial charge in [-0.15, -0.1) is 6.58 Å². The highest BCUT2D eigenvalue weighted by molar-refractivity contribution is 6.58. The molecule has 7 heteroatoms. The lowest BCUT2D eigenvalue weighted by Gasteiger charge is -2.17. The Morgan fingerprint density at radius 2 is 2.08 bits per heavy atom. The Hall–Kier alpha value is -2.64. The summed E-state index contributed by atoms with van der Waals surface area (Å²) < 4.78 is 5.19. The maximum absolute atomic E-state index is 12.0. The van der Waals surface area contributed by atoms with Crippen LogP contribution in [0.25, 0.3) is 0 Å². The molecule has 0 aliphatic heterocycles. The van der Waals surface area contributed by atoms with Crippen molar-refractivity contribution in [1.82, 2.24) is 10.3 Å². The van der Waals surface area contributed by atoms with E-state index in [2.05, 4.69) is 16.9 Å². The summed E-state index contributed by atoms with van der Waals surface area (Å²) in [5.74, 6) is 0. The number of benzene rings is 1. The van der Waals surface area contributed by atoms with Gasteiger partial charge in [-0.25, -0.2) is 4.79 Å². The number of hydrogen-bond acceptors (Lipinski definition) is 5. The summed E-state index contributed by atoms with van der Waals surface area (Å²) in [7, 11) is -1.60. The quantitative estimate of drug-likeness (QED) is 0.527. The van der Waals surface area contributed by atoms with Crippen molar-refractivity contribution in [1.29, 1.82) is 0 Å². The average molecular weight is 326 g/mol.